The molecule has 1 atom stereocenters. The van der Waals surface area contributed by atoms with Gasteiger partial charge in [0, 0.05) is 15.8 Å². The van der Waals surface area contributed by atoms with Gasteiger partial charge in [-0.05, 0) is 41.9 Å². The van der Waals surface area contributed by atoms with E-state index in [4.69, 9.17) is 0 Å². The Bertz CT molecular complexity index is 566. The van der Waals surface area contributed by atoms with Gasteiger partial charge in [-0.1, -0.05) is 13.8 Å². The molecule has 2 rings (SSSR count). The van der Waals surface area contributed by atoms with E-state index in [0.717, 1.165) is 21.7 Å². The number of thiazole rings is 1. The molecule has 0 aliphatic rings. The molecule has 2 heterocycles. The van der Waals surface area contributed by atoms with E-state index in [1.165, 1.54) is 5.01 Å². The maximum atomic E-state index is 4.66. The summed E-state index contributed by atoms with van der Waals surface area (Å²) in [6, 6.07) is 4.15. The zero-order chi connectivity index (χ0) is 14.0. The van der Waals surface area contributed by atoms with Gasteiger partial charge in [0.15, 0.2) is 0 Å². The number of halogens is 1. The first kappa shape index (κ1) is 14.5. The lowest BCUT2D eigenvalue weighted by atomic mass is 10.2. The molecule has 0 aliphatic heterocycles. The average molecular weight is 340 g/mol. The van der Waals surface area contributed by atoms with E-state index in [0.29, 0.717) is 5.92 Å². The van der Waals surface area contributed by atoms with Crippen molar-refractivity contribution >= 4 is 33.1 Å². The molecule has 19 heavy (non-hydrogen) atoms. The summed E-state index contributed by atoms with van der Waals surface area (Å²) in [5, 5.41) is 6.70. The van der Waals surface area contributed by atoms with Gasteiger partial charge in [0.1, 0.15) is 5.82 Å². The van der Waals surface area contributed by atoms with Crippen molar-refractivity contribution < 1.29 is 0 Å². The molecule has 3 nitrogen and oxygen atoms in total. The molecular weight excluding hydrogens is 322 g/mol. The number of rotatable bonds is 4. The molecule has 0 fully saturated rings. The molecule has 0 saturated carbocycles. The van der Waals surface area contributed by atoms with Crippen molar-refractivity contribution in [1.29, 1.82) is 0 Å². The molecule has 1 unspecified atom stereocenters. The first-order valence-electron chi connectivity index (χ1n) is 6.32. The normalized spacial score (nSPS) is 12.7. The number of hydrogen-bond acceptors (Lipinski definition) is 4. The predicted octanol–water partition coefficient (Wildman–Crippen LogP) is 4.91. The van der Waals surface area contributed by atoms with Crippen molar-refractivity contribution in [3.8, 4) is 0 Å². The fourth-order valence-electron chi connectivity index (χ4n) is 1.68. The van der Waals surface area contributed by atoms with E-state index in [-0.39, 0.29) is 6.04 Å². The number of anilines is 1. The molecule has 0 bridgehead atoms. The lowest BCUT2D eigenvalue weighted by molar-refractivity contribution is 0.798. The second-order valence-electron chi connectivity index (χ2n) is 4.90. The third kappa shape index (κ3) is 3.54. The van der Waals surface area contributed by atoms with Crippen LogP contribution in [0.1, 0.15) is 49.1 Å². The lowest BCUT2D eigenvalue weighted by Crippen LogP contribution is -2.09. The molecule has 0 saturated heterocycles. The van der Waals surface area contributed by atoms with Crippen LogP contribution in [0.5, 0.6) is 0 Å². The summed E-state index contributed by atoms with van der Waals surface area (Å²) in [5.74, 6) is 1.37. The van der Waals surface area contributed by atoms with Crippen LogP contribution < -0.4 is 5.32 Å². The molecule has 0 spiro atoms. The van der Waals surface area contributed by atoms with Gasteiger partial charge in [-0.25, -0.2) is 9.97 Å². The first-order chi connectivity index (χ1) is 8.97. The summed E-state index contributed by atoms with van der Waals surface area (Å²) in [6.07, 6.45) is 0. The Balaban J connectivity index is 2.11. The molecule has 0 aliphatic carbocycles. The van der Waals surface area contributed by atoms with Crippen LogP contribution in [0.25, 0.3) is 0 Å². The van der Waals surface area contributed by atoms with E-state index in [2.05, 4.69) is 57.4 Å². The predicted molar refractivity (Wildman–Crippen MR) is 84.9 cm³/mol. The number of aromatic nitrogens is 2. The van der Waals surface area contributed by atoms with Crippen molar-refractivity contribution in [2.24, 2.45) is 0 Å². The number of nitrogens with one attached hydrogen (secondary N) is 1. The van der Waals surface area contributed by atoms with Crippen LogP contribution >= 0.6 is 27.3 Å². The average Bonchev–Trinajstić information content (AvgIpc) is 2.83. The zero-order valence-electron chi connectivity index (χ0n) is 11.6. The maximum absolute atomic E-state index is 4.66. The summed E-state index contributed by atoms with van der Waals surface area (Å²) in [4.78, 5) is 9.16. The van der Waals surface area contributed by atoms with Gasteiger partial charge in [0.25, 0.3) is 0 Å². The summed E-state index contributed by atoms with van der Waals surface area (Å²) in [5.41, 5.74) is 2.06. The third-order valence-corrected chi connectivity index (χ3v) is 4.86. The van der Waals surface area contributed by atoms with Gasteiger partial charge < -0.3 is 5.32 Å². The topological polar surface area (TPSA) is 37.8 Å². The van der Waals surface area contributed by atoms with Crippen LogP contribution in [-0.2, 0) is 0 Å². The minimum absolute atomic E-state index is 0.164. The van der Waals surface area contributed by atoms with Crippen LogP contribution in [-0.4, -0.2) is 9.97 Å². The van der Waals surface area contributed by atoms with Crippen molar-refractivity contribution in [3.63, 3.8) is 0 Å². The van der Waals surface area contributed by atoms with Crippen molar-refractivity contribution in [2.75, 3.05) is 5.32 Å². The number of hydrogen-bond donors (Lipinski definition) is 1. The summed E-state index contributed by atoms with van der Waals surface area (Å²) < 4.78 is 1.03. The fraction of sp³-hybridized carbons (Fsp3) is 0.429. The van der Waals surface area contributed by atoms with Crippen LogP contribution in [0.15, 0.2) is 22.0 Å². The second-order valence-corrected chi connectivity index (χ2v) is 6.64. The second kappa shape index (κ2) is 6.01. The van der Waals surface area contributed by atoms with Crippen LogP contribution in [0, 0.1) is 6.92 Å². The van der Waals surface area contributed by atoms with E-state index in [9.17, 15) is 0 Å². The molecule has 0 aromatic carbocycles. The Morgan fingerprint density at radius 3 is 2.53 bits per heavy atom. The van der Waals surface area contributed by atoms with Crippen LogP contribution in [0.2, 0.25) is 0 Å². The smallest absolute Gasteiger partial charge is 0.126 e. The zero-order valence-corrected chi connectivity index (χ0v) is 14.0. The Labute approximate surface area is 126 Å². The molecular formula is C14H18BrN3S. The monoisotopic (exact) mass is 339 g/mol. The van der Waals surface area contributed by atoms with Crippen LogP contribution in [0.3, 0.4) is 0 Å². The third-order valence-electron chi connectivity index (χ3n) is 2.86. The van der Waals surface area contributed by atoms with Crippen molar-refractivity contribution in [3.05, 3.63) is 38.4 Å². The number of nitrogens with zero attached hydrogens (tertiary/aromatic N) is 2. The summed E-state index contributed by atoms with van der Waals surface area (Å²) >= 11 is 5.18. The minimum atomic E-state index is 0.164. The Morgan fingerprint density at radius 1 is 1.21 bits per heavy atom. The van der Waals surface area contributed by atoms with Crippen molar-refractivity contribution in [1.82, 2.24) is 9.97 Å². The highest BCUT2D eigenvalue weighted by atomic mass is 79.9. The standard InChI is InChI=1S/C14H18BrN3S/c1-8(2)14-18-12(7-19-14)10(4)17-13-6-5-11(15)9(3)16-13/h5-8,10H,1-4H3,(H,16,17). The molecule has 1 N–H and O–H groups in total. The van der Waals surface area contributed by atoms with Gasteiger partial charge >= 0.3 is 0 Å². The molecule has 2 aromatic rings. The summed E-state index contributed by atoms with van der Waals surface area (Å²) in [7, 11) is 0. The van der Waals surface area contributed by atoms with E-state index in [1.54, 1.807) is 11.3 Å². The molecule has 0 amide bonds. The van der Waals surface area contributed by atoms with Gasteiger partial charge in [0.05, 0.1) is 22.4 Å². The number of pyridine rings is 1. The van der Waals surface area contributed by atoms with Gasteiger partial charge in [-0.2, -0.15) is 0 Å². The fourth-order valence-corrected chi connectivity index (χ4v) is 2.83. The highest BCUT2D eigenvalue weighted by Gasteiger charge is 2.12. The maximum Gasteiger partial charge on any atom is 0.126 e. The molecule has 2 aromatic heterocycles. The van der Waals surface area contributed by atoms with Gasteiger partial charge in [-0.3, -0.25) is 0 Å². The van der Waals surface area contributed by atoms with Crippen molar-refractivity contribution in [2.45, 2.75) is 39.7 Å². The van der Waals surface area contributed by atoms with E-state index >= 15 is 0 Å². The Morgan fingerprint density at radius 2 is 1.95 bits per heavy atom. The minimum Gasteiger partial charge on any atom is -0.362 e. The highest BCUT2D eigenvalue weighted by molar-refractivity contribution is 9.10. The van der Waals surface area contributed by atoms with Gasteiger partial charge in [0.2, 0.25) is 0 Å². The molecule has 0 radical (unpaired) electrons. The Kier molecular flexibility index (Phi) is 4.58. The number of aryl methyl sites for hydroxylation is 1. The quantitative estimate of drug-likeness (QED) is 0.860. The summed E-state index contributed by atoms with van der Waals surface area (Å²) in [6.45, 7) is 8.43. The molecule has 102 valence electrons. The lowest BCUT2D eigenvalue weighted by Gasteiger charge is -2.13. The van der Waals surface area contributed by atoms with Crippen LogP contribution in [0.4, 0.5) is 5.82 Å². The van der Waals surface area contributed by atoms with E-state index < -0.39 is 0 Å². The highest BCUT2D eigenvalue weighted by Crippen LogP contribution is 2.25. The first-order valence-corrected chi connectivity index (χ1v) is 7.99. The largest absolute Gasteiger partial charge is 0.362 e. The van der Waals surface area contributed by atoms with E-state index in [1.807, 2.05) is 19.1 Å². The van der Waals surface area contributed by atoms with Gasteiger partial charge in [-0.15, -0.1) is 11.3 Å². The Hall–Kier alpha value is -0.940. The SMILES string of the molecule is Cc1nc(NC(C)c2csc(C(C)C)n2)ccc1Br. The molecule has 5 heteroatoms.